The van der Waals surface area contributed by atoms with Gasteiger partial charge in [0, 0.05) is 25.0 Å². The second-order valence-electron chi connectivity index (χ2n) is 5.09. The fourth-order valence-corrected chi connectivity index (χ4v) is 2.08. The van der Waals surface area contributed by atoms with Crippen molar-refractivity contribution >= 4 is 11.4 Å². The SMILES string of the molecule is CN(Cc1ccccc1)c1ccccc1.Nc1ccccc1. The minimum Gasteiger partial charge on any atom is -0.399 e. The zero-order chi connectivity index (χ0) is 15.6. The first-order chi connectivity index (χ1) is 10.8. The first-order valence-electron chi connectivity index (χ1n) is 7.36. The van der Waals surface area contributed by atoms with Gasteiger partial charge in [-0.1, -0.05) is 66.7 Å². The lowest BCUT2D eigenvalue weighted by Crippen LogP contribution is -2.15. The molecule has 0 fully saturated rings. The quantitative estimate of drug-likeness (QED) is 0.715. The van der Waals surface area contributed by atoms with E-state index in [9.17, 15) is 0 Å². The Kier molecular flexibility index (Phi) is 6.06. The maximum atomic E-state index is 5.36. The molecule has 2 heteroatoms. The van der Waals surface area contributed by atoms with Gasteiger partial charge in [0.05, 0.1) is 0 Å². The summed E-state index contributed by atoms with van der Waals surface area (Å²) < 4.78 is 0. The van der Waals surface area contributed by atoms with Gasteiger partial charge in [0.15, 0.2) is 0 Å². The van der Waals surface area contributed by atoms with Crippen molar-refractivity contribution in [1.82, 2.24) is 0 Å². The van der Waals surface area contributed by atoms with Crippen LogP contribution < -0.4 is 10.6 Å². The Labute approximate surface area is 132 Å². The molecule has 0 saturated heterocycles. The molecule has 3 rings (SSSR count). The number of anilines is 2. The van der Waals surface area contributed by atoms with Crippen molar-refractivity contribution in [1.29, 1.82) is 0 Å². The molecule has 0 aromatic heterocycles. The molecule has 2 N–H and O–H groups in total. The highest BCUT2D eigenvalue weighted by Crippen LogP contribution is 2.14. The summed E-state index contributed by atoms with van der Waals surface area (Å²) in [5.41, 5.74) is 8.77. The Bertz CT molecular complexity index is 636. The third-order valence-electron chi connectivity index (χ3n) is 3.26. The van der Waals surface area contributed by atoms with E-state index >= 15 is 0 Å². The van der Waals surface area contributed by atoms with Gasteiger partial charge in [-0.25, -0.2) is 0 Å². The van der Waals surface area contributed by atoms with Crippen LogP contribution in [0.5, 0.6) is 0 Å². The molecule has 22 heavy (non-hydrogen) atoms. The molecule has 0 heterocycles. The van der Waals surface area contributed by atoms with Gasteiger partial charge in [0.2, 0.25) is 0 Å². The summed E-state index contributed by atoms with van der Waals surface area (Å²) in [4.78, 5) is 2.25. The third-order valence-corrected chi connectivity index (χ3v) is 3.26. The minimum atomic E-state index is 0.822. The van der Waals surface area contributed by atoms with Gasteiger partial charge in [0.1, 0.15) is 0 Å². The van der Waals surface area contributed by atoms with Gasteiger partial charge in [-0.05, 0) is 29.8 Å². The second-order valence-corrected chi connectivity index (χ2v) is 5.09. The molecule has 0 aliphatic rings. The molecule has 0 aliphatic heterocycles. The number of nitrogens with two attached hydrogens (primary N) is 1. The molecule has 0 amide bonds. The molecule has 0 radical (unpaired) electrons. The smallest absolute Gasteiger partial charge is 0.0426 e. The van der Waals surface area contributed by atoms with Crippen molar-refractivity contribution < 1.29 is 0 Å². The number of para-hydroxylation sites is 2. The number of nitrogen functional groups attached to an aromatic ring is 1. The molecule has 0 bridgehead atoms. The van der Waals surface area contributed by atoms with Crippen LogP contribution in [0.2, 0.25) is 0 Å². The normalized spacial score (nSPS) is 9.50. The van der Waals surface area contributed by atoms with E-state index in [1.807, 2.05) is 42.5 Å². The fourth-order valence-electron chi connectivity index (χ4n) is 2.08. The number of benzene rings is 3. The summed E-state index contributed by atoms with van der Waals surface area (Å²) in [6.45, 7) is 0.949. The second kappa shape index (κ2) is 8.53. The van der Waals surface area contributed by atoms with E-state index in [0.29, 0.717) is 0 Å². The molecule has 0 saturated carbocycles. The topological polar surface area (TPSA) is 29.3 Å². The summed E-state index contributed by atoms with van der Waals surface area (Å²) >= 11 is 0. The van der Waals surface area contributed by atoms with E-state index in [1.165, 1.54) is 11.3 Å². The number of rotatable bonds is 3. The molecule has 2 nitrogen and oxygen atoms in total. The Balaban J connectivity index is 0.000000211. The van der Waals surface area contributed by atoms with Gasteiger partial charge in [0.25, 0.3) is 0 Å². The Morgan fingerprint density at radius 1 is 0.682 bits per heavy atom. The van der Waals surface area contributed by atoms with Crippen LogP contribution in [-0.2, 0) is 6.54 Å². The Morgan fingerprint density at radius 3 is 1.59 bits per heavy atom. The van der Waals surface area contributed by atoms with Crippen molar-refractivity contribution in [2.24, 2.45) is 0 Å². The van der Waals surface area contributed by atoms with E-state index in [4.69, 9.17) is 5.73 Å². The molecule has 0 spiro atoms. The van der Waals surface area contributed by atoms with E-state index in [2.05, 4.69) is 60.5 Å². The predicted molar refractivity (Wildman–Crippen MR) is 95.8 cm³/mol. The standard InChI is InChI=1S/C14H15N.C6H7N/c1-15(14-10-6-3-7-11-14)12-13-8-4-2-5-9-13;7-6-4-2-1-3-5-6/h2-11H,12H2,1H3;1-5H,7H2. The van der Waals surface area contributed by atoms with Crippen LogP contribution in [0.1, 0.15) is 5.56 Å². The monoisotopic (exact) mass is 290 g/mol. The van der Waals surface area contributed by atoms with Crippen LogP contribution >= 0.6 is 0 Å². The van der Waals surface area contributed by atoms with Gasteiger partial charge in [-0.3, -0.25) is 0 Å². The van der Waals surface area contributed by atoms with Crippen LogP contribution in [0.15, 0.2) is 91.0 Å². The maximum Gasteiger partial charge on any atom is 0.0426 e. The summed E-state index contributed by atoms with van der Waals surface area (Å²) in [5.74, 6) is 0. The van der Waals surface area contributed by atoms with Crippen molar-refractivity contribution in [2.45, 2.75) is 6.54 Å². The largest absolute Gasteiger partial charge is 0.399 e. The zero-order valence-corrected chi connectivity index (χ0v) is 12.9. The molecule has 0 atom stereocenters. The third kappa shape index (κ3) is 5.33. The first-order valence-corrected chi connectivity index (χ1v) is 7.36. The average Bonchev–Trinajstić information content (AvgIpc) is 2.58. The molecular weight excluding hydrogens is 268 g/mol. The summed E-state index contributed by atoms with van der Waals surface area (Å²) in [5, 5.41) is 0. The number of nitrogens with zero attached hydrogens (tertiary/aromatic N) is 1. The van der Waals surface area contributed by atoms with Crippen molar-refractivity contribution in [3.63, 3.8) is 0 Å². The van der Waals surface area contributed by atoms with Gasteiger partial charge >= 0.3 is 0 Å². The van der Waals surface area contributed by atoms with Crippen molar-refractivity contribution in [3.05, 3.63) is 96.6 Å². The molecule has 112 valence electrons. The Morgan fingerprint density at radius 2 is 1.14 bits per heavy atom. The lowest BCUT2D eigenvalue weighted by molar-refractivity contribution is 0.923. The van der Waals surface area contributed by atoms with Crippen LogP contribution in [0, 0.1) is 0 Å². The average molecular weight is 290 g/mol. The highest BCUT2D eigenvalue weighted by molar-refractivity contribution is 5.45. The molecule has 0 unspecified atom stereocenters. The predicted octanol–water partition coefficient (Wildman–Crippen LogP) is 4.59. The van der Waals surface area contributed by atoms with Crippen molar-refractivity contribution in [3.8, 4) is 0 Å². The van der Waals surface area contributed by atoms with E-state index < -0.39 is 0 Å². The molecular formula is C20H22N2. The molecule has 3 aromatic carbocycles. The fraction of sp³-hybridized carbons (Fsp3) is 0.100. The molecule has 3 aromatic rings. The zero-order valence-electron chi connectivity index (χ0n) is 12.9. The van der Waals surface area contributed by atoms with Crippen LogP contribution in [0.25, 0.3) is 0 Å². The van der Waals surface area contributed by atoms with Crippen LogP contribution in [-0.4, -0.2) is 7.05 Å². The highest BCUT2D eigenvalue weighted by atomic mass is 15.1. The summed E-state index contributed by atoms with van der Waals surface area (Å²) in [7, 11) is 2.11. The van der Waals surface area contributed by atoms with E-state index in [-0.39, 0.29) is 0 Å². The number of hydrogen-bond acceptors (Lipinski definition) is 2. The maximum absolute atomic E-state index is 5.36. The number of hydrogen-bond donors (Lipinski definition) is 1. The lowest BCUT2D eigenvalue weighted by atomic mass is 10.2. The highest BCUT2D eigenvalue weighted by Gasteiger charge is 1.99. The van der Waals surface area contributed by atoms with Gasteiger partial charge in [-0.15, -0.1) is 0 Å². The van der Waals surface area contributed by atoms with Crippen LogP contribution in [0.3, 0.4) is 0 Å². The van der Waals surface area contributed by atoms with Gasteiger partial charge in [-0.2, -0.15) is 0 Å². The summed E-state index contributed by atoms with van der Waals surface area (Å²) in [6.07, 6.45) is 0. The first kappa shape index (κ1) is 15.6. The molecule has 0 aliphatic carbocycles. The minimum absolute atomic E-state index is 0.822. The Hall–Kier alpha value is -2.74. The van der Waals surface area contributed by atoms with Gasteiger partial charge < -0.3 is 10.6 Å². The summed E-state index contributed by atoms with van der Waals surface area (Å²) in [6, 6.07) is 30.4. The van der Waals surface area contributed by atoms with E-state index in [1.54, 1.807) is 0 Å². The van der Waals surface area contributed by atoms with Crippen molar-refractivity contribution in [2.75, 3.05) is 17.7 Å². The van der Waals surface area contributed by atoms with Crippen LogP contribution in [0.4, 0.5) is 11.4 Å². The van der Waals surface area contributed by atoms with E-state index in [0.717, 1.165) is 12.2 Å². The lowest BCUT2D eigenvalue weighted by Gasteiger charge is -2.19.